The Morgan fingerprint density at radius 1 is 1.50 bits per heavy atom. The van der Waals surface area contributed by atoms with Crippen LogP contribution in [0.4, 0.5) is 5.69 Å². The Bertz CT molecular complexity index is 337. The SMILES string of the molecule is CCOC(=O)c1ccc(N)cc1CN. The highest BCUT2D eigenvalue weighted by molar-refractivity contribution is 5.91. The maximum atomic E-state index is 11.4. The summed E-state index contributed by atoms with van der Waals surface area (Å²) in [4.78, 5) is 11.4. The third-order valence-corrected chi connectivity index (χ3v) is 1.84. The Hall–Kier alpha value is -1.55. The molecule has 0 amide bonds. The first kappa shape index (κ1) is 10.5. The van der Waals surface area contributed by atoms with E-state index in [-0.39, 0.29) is 12.5 Å². The van der Waals surface area contributed by atoms with E-state index < -0.39 is 0 Å². The number of benzene rings is 1. The highest BCUT2D eigenvalue weighted by Gasteiger charge is 2.10. The standard InChI is InChI=1S/C10H14N2O2/c1-2-14-10(13)9-4-3-8(12)5-7(9)6-11/h3-5H,2,6,11-12H2,1H3. The van der Waals surface area contributed by atoms with Crippen molar-refractivity contribution in [1.29, 1.82) is 0 Å². The molecule has 0 spiro atoms. The second kappa shape index (κ2) is 4.62. The van der Waals surface area contributed by atoms with Gasteiger partial charge in [0.25, 0.3) is 0 Å². The Morgan fingerprint density at radius 2 is 2.21 bits per heavy atom. The molecule has 0 heterocycles. The van der Waals surface area contributed by atoms with Crippen molar-refractivity contribution >= 4 is 11.7 Å². The second-order valence-electron chi connectivity index (χ2n) is 2.84. The summed E-state index contributed by atoms with van der Waals surface area (Å²) < 4.78 is 4.87. The van der Waals surface area contributed by atoms with Crippen LogP contribution >= 0.6 is 0 Å². The molecule has 0 aliphatic rings. The van der Waals surface area contributed by atoms with Crippen molar-refractivity contribution in [3.63, 3.8) is 0 Å². The summed E-state index contributed by atoms with van der Waals surface area (Å²) >= 11 is 0. The molecule has 0 aliphatic carbocycles. The lowest BCUT2D eigenvalue weighted by Gasteiger charge is -2.07. The van der Waals surface area contributed by atoms with Gasteiger partial charge in [-0.15, -0.1) is 0 Å². The molecule has 0 aliphatic heterocycles. The predicted octanol–water partition coefficient (Wildman–Crippen LogP) is 0.904. The number of hydrogen-bond acceptors (Lipinski definition) is 4. The van der Waals surface area contributed by atoms with Crippen molar-refractivity contribution in [3.8, 4) is 0 Å². The van der Waals surface area contributed by atoms with Gasteiger partial charge >= 0.3 is 5.97 Å². The van der Waals surface area contributed by atoms with Gasteiger partial charge in [0.05, 0.1) is 12.2 Å². The van der Waals surface area contributed by atoms with Crippen molar-refractivity contribution < 1.29 is 9.53 Å². The summed E-state index contributed by atoms with van der Waals surface area (Å²) in [7, 11) is 0. The van der Waals surface area contributed by atoms with E-state index in [1.54, 1.807) is 25.1 Å². The highest BCUT2D eigenvalue weighted by Crippen LogP contribution is 2.14. The minimum Gasteiger partial charge on any atom is -0.462 e. The van der Waals surface area contributed by atoms with Gasteiger partial charge in [-0.3, -0.25) is 0 Å². The van der Waals surface area contributed by atoms with Gasteiger partial charge in [-0.05, 0) is 30.7 Å². The van der Waals surface area contributed by atoms with E-state index in [4.69, 9.17) is 16.2 Å². The van der Waals surface area contributed by atoms with Crippen LogP contribution in [0, 0.1) is 0 Å². The first-order valence-corrected chi connectivity index (χ1v) is 4.44. The molecule has 0 unspecified atom stereocenters. The lowest BCUT2D eigenvalue weighted by Crippen LogP contribution is -2.11. The molecule has 1 rings (SSSR count). The van der Waals surface area contributed by atoms with Crippen LogP contribution in [0.1, 0.15) is 22.8 Å². The molecule has 0 aromatic heterocycles. The molecule has 4 heteroatoms. The Labute approximate surface area is 82.8 Å². The number of hydrogen-bond donors (Lipinski definition) is 2. The van der Waals surface area contributed by atoms with E-state index in [0.29, 0.717) is 23.4 Å². The van der Waals surface area contributed by atoms with Gasteiger partial charge in [0.15, 0.2) is 0 Å². The number of anilines is 1. The van der Waals surface area contributed by atoms with Gasteiger partial charge in [0.2, 0.25) is 0 Å². The fraction of sp³-hybridized carbons (Fsp3) is 0.300. The molecule has 0 saturated heterocycles. The number of carbonyl (C=O) groups excluding carboxylic acids is 1. The van der Waals surface area contributed by atoms with Gasteiger partial charge < -0.3 is 16.2 Å². The van der Waals surface area contributed by atoms with E-state index in [1.165, 1.54) is 0 Å². The minimum absolute atomic E-state index is 0.277. The molecule has 0 fully saturated rings. The van der Waals surface area contributed by atoms with Crippen molar-refractivity contribution in [1.82, 2.24) is 0 Å². The molecule has 14 heavy (non-hydrogen) atoms. The zero-order chi connectivity index (χ0) is 10.6. The van der Waals surface area contributed by atoms with Crippen molar-refractivity contribution in [3.05, 3.63) is 29.3 Å². The Morgan fingerprint density at radius 3 is 2.79 bits per heavy atom. The third kappa shape index (κ3) is 2.23. The molecular formula is C10H14N2O2. The lowest BCUT2D eigenvalue weighted by atomic mass is 10.1. The van der Waals surface area contributed by atoms with Gasteiger partial charge in [-0.2, -0.15) is 0 Å². The van der Waals surface area contributed by atoms with Crippen LogP contribution in [0.15, 0.2) is 18.2 Å². The number of ether oxygens (including phenoxy) is 1. The van der Waals surface area contributed by atoms with E-state index in [1.807, 2.05) is 0 Å². The average Bonchev–Trinajstić information content (AvgIpc) is 2.17. The topological polar surface area (TPSA) is 78.3 Å². The number of rotatable bonds is 3. The summed E-state index contributed by atoms with van der Waals surface area (Å²) in [6.07, 6.45) is 0. The summed E-state index contributed by atoms with van der Waals surface area (Å²) in [5, 5.41) is 0. The van der Waals surface area contributed by atoms with Crippen LogP contribution in [0.2, 0.25) is 0 Å². The third-order valence-electron chi connectivity index (χ3n) is 1.84. The fourth-order valence-corrected chi connectivity index (χ4v) is 1.19. The van der Waals surface area contributed by atoms with E-state index in [9.17, 15) is 4.79 Å². The van der Waals surface area contributed by atoms with E-state index in [2.05, 4.69) is 0 Å². The van der Waals surface area contributed by atoms with Gasteiger partial charge in [0, 0.05) is 12.2 Å². The number of nitrogen functional groups attached to an aromatic ring is 1. The molecule has 0 radical (unpaired) electrons. The van der Waals surface area contributed by atoms with Crippen LogP contribution in [-0.2, 0) is 11.3 Å². The van der Waals surface area contributed by atoms with E-state index in [0.717, 1.165) is 0 Å². The average molecular weight is 194 g/mol. The summed E-state index contributed by atoms with van der Waals surface area (Å²) in [6, 6.07) is 4.98. The largest absolute Gasteiger partial charge is 0.462 e. The van der Waals surface area contributed by atoms with Gasteiger partial charge in [-0.25, -0.2) is 4.79 Å². The number of esters is 1. The summed E-state index contributed by atoms with van der Waals surface area (Å²) in [6.45, 7) is 2.39. The predicted molar refractivity (Wildman–Crippen MR) is 54.7 cm³/mol. The highest BCUT2D eigenvalue weighted by atomic mass is 16.5. The summed E-state index contributed by atoms with van der Waals surface area (Å²) in [5.41, 5.74) is 12.9. The molecule has 0 atom stereocenters. The van der Waals surface area contributed by atoms with Crippen molar-refractivity contribution in [2.75, 3.05) is 12.3 Å². The zero-order valence-corrected chi connectivity index (χ0v) is 8.12. The lowest BCUT2D eigenvalue weighted by molar-refractivity contribution is 0.0525. The maximum Gasteiger partial charge on any atom is 0.338 e. The van der Waals surface area contributed by atoms with Crippen LogP contribution in [-0.4, -0.2) is 12.6 Å². The molecular weight excluding hydrogens is 180 g/mol. The fourth-order valence-electron chi connectivity index (χ4n) is 1.19. The molecule has 0 saturated carbocycles. The second-order valence-corrected chi connectivity index (χ2v) is 2.84. The van der Waals surface area contributed by atoms with E-state index >= 15 is 0 Å². The molecule has 0 bridgehead atoms. The molecule has 76 valence electrons. The van der Waals surface area contributed by atoms with Crippen molar-refractivity contribution in [2.45, 2.75) is 13.5 Å². The first-order chi connectivity index (χ1) is 6.69. The van der Waals surface area contributed by atoms with Crippen LogP contribution in [0.25, 0.3) is 0 Å². The van der Waals surface area contributed by atoms with Crippen molar-refractivity contribution in [2.24, 2.45) is 5.73 Å². The zero-order valence-electron chi connectivity index (χ0n) is 8.12. The molecule has 4 N–H and O–H groups in total. The normalized spacial score (nSPS) is 9.86. The Balaban J connectivity index is 3.01. The molecule has 1 aromatic rings. The monoisotopic (exact) mass is 194 g/mol. The smallest absolute Gasteiger partial charge is 0.338 e. The van der Waals surface area contributed by atoms with Crippen LogP contribution in [0.5, 0.6) is 0 Å². The van der Waals surface area contributed by atoms with Crippen LogP contribution < -0.4 is 11.5 Å². The van der Waals surface area contributed by atoms with Crippen LogP contribution in [0.3, 0.4) is 0 Å². The molecule has 1 aromatic carbocycles. The maximum absolute atomic E-state index is 11.4. The number of nitrogens with two attached hydrogens (primary N) is 2. The number of carbonyl (C=O) groups is 1. The first-order valence-electron chi connectivity index (χ1n) is 4.44. The van der Waals surface area contributed by atoms with Gasteiger partial charge in [-0.1, -0.05) is 0 Å². The van der Waals surface area contributed by atoms with Gasteiger partial charge in [0.1, 0.15) is 0 Å². The summed E-state index contributed by atoms with van der Waals surface area (Å²) in [5.74, 6) is -0.354. The minimum atomic E-state index is -0.354. The Kier molecular flexibility index (Phi) is 3.48. The molecule has 4 nitrogen and oxygen atoms in total. The quantitative estimate of drug-likeness (QED) is 0.553.